The average Bonchev–Trinajstić information content (AvgIpc) is 3.15. The number of ether oxygens (including phenoxy) is 1. The number of halogens is 3. The molecule has 3 N–H and O–H groups in total. The number of fused-ring (bicyclic) bond motifs is 1. The number of nitrogens with two attached hydrogens (primary N) is 1. The number of aromatic nitrogens is 2. The average molecular weight is 455 g/mol. The molecule has 0 aliphatic carbocycles. The summed E-state index contributed by atoms with van der Waals surface area (Å²) in [5.74, 6) is 0.611. The molecule has 6 nitrogen and oxygen atoms in total. The molecule has 0 atom stereocenters. The second-order valence-corrected chi connectivity index (χ2v) is 7.38. The molecule has 0 aliphatic rings. The van der Waals surface area contributed by atoms with Crippen molar-refractivity contribution in [1.29, 1.82) is 0 Å². The van der Waals surface area contributed by atoms with Gasteiger partial charge in [0, 0.05) is 17.7 Å². The largest absolute Gasteiger partial charge is 0.489 e. The molecule has 170 valence electrons. The number of aliphatic hydroxyl groups excluding tert-OH is 1. The third-order valence-corrected chi connectivity index (χ3v) is 5.13. The molecule has 0 fully saturated rings. The van der Waals surface area contributed by atoms with E-state index in [1.54, 1.807) is 30.3 Å². The molecule has 0 radical (unpaired) electrons. The predicted octanol–water partition coefficient (Wildman–Crippen LogP) is 4.26. The number of aliphatic hydroxyl groups is 1. The standard InChI is InChI=1S/C24H20F3N3O3/c25-24(26,27)17-4-1-15(2-5-17)14-33-19-8-6-18(7-9-19)30-21-10-3-16(23(28)32)13-20(21)29-22(30)11-12-31/h1-10,13,31H,11-12,14H2,(H2,28,32). The molecule has 0 spiro atoms. The quantitative estimate of drug-likeness (QED) is 0.436. The van der Waals surface area contributed by atoms with Gasteiger partial charge in [0.1, 0.15) is 18.2 Å². The number of carbonyl (C=O) groups excluding carboxylic acids is 1. The van der Waals surface area contributed by atoms with Gasteiger partial charge in [-0.2, -0.15) is 13.2 Å². The summed E-state index contributed by atoms with van der Waals surface area (Å²) in [7, 11) is 0. The van der Waals surface area contributed by atoms with Gasteiger partial charge in [-0.3, -0.25) is 9.36 Å². The number of hydrogen-bond donors (Lipinski definition) is 2. The van der Waals surface area contributed by atoms with Crippen LogP contribution in [0.25, 0.3) is 16.7 Å². The monoisotopic (exact) mass is 455 g/mol. The van der Waals surface area contributed by atoms with Crippen molar-refractivity contribution in [3.8, 4) is 11.4 Å². The van der Waals surface area contributed by atoms with E-state index in [2.05, 4.69) is 4.98 Å². The van der Waals surface area contributed by atoms with Crippen LogP contribution in [0.4, 0.5) is 13.2 Å². The van der Waals surface area contributed by atoms with E-state index in [0.29, 0.717) is 34.6 Å². The fourth-order valence-corrected chi connectivity index (χ4v) is 3.49. The van der Waals surface area contributed by atoms with Crippen molar-refractivity contribution < 1.29 is 27.8 Å². The van der Waals surface area contributed by atoms with Crippen LogP contribution in [-0.2, 0) is 19.2 Å². The maximum atomic E-state index is 12.7. The van der Waals surface area contributed by atoms with Gasteiger partial charge < -0.3 is 15.6 Å². The lowest BCUT2D eigenvalue weighted by atomic mass is 10.1. The number of nitrogens with zero attached hydrogens (tertiary/aromatic N) is 2. The van der Waals surface area contributed by atoms with E-state index in [1.165, 1.54) is 12.1 Å². The van der Waals surface area contributed by atoms with Gasteiger partial charge in [0.15, 0.2) is 0 Å². The van der Waals surface area contributed by atoms with E-state index in [-0.39, 0.29) is 13.2 Å². The predicted molar refractivity (Wildman–Crippen MR) is 116 cm³/mol. The van der Waals surface area contributed by atoms with Gasteiger partial charge in [0.05, 0.1) is 23.2 Å². The Bertz CT molecular complexity index is 1280. The van der Waals surface area contributed by atoms with Gasteiger partial charge in [0.2, 0.25) is 5.91 Å². The van der Waals surface area contributed by atoms with Crippen LogP contribution in [0.2, 0.25) is 0 Å². The van der Waals surface area contributed by atoms with Crippen molar-refractivity contribution in [1.82, 2.24) is 9.55 Å². The van der Waals surface area contributed by atoms with Gasteiger partial charge in [-0.1, -0.05) is 12.1 Å². The first-order valence-electron chi connectivity index (χ1n) is 10.1. The highest BCUT2D eigenvalue weighted by Gasteiger charge is 2.29. The minimum atomic E-state index is -4.37. The molecular formula is C24H20F3N3O3. The lowest BCUT2D eigenvalue weighted by Crippen LogP contribution is -2.10. The molecule has 3 aromatic carbocycles. The molecule has 33 heavy (non-hydrogen) atoms. The van der Waals surface area contributed by atoms with E-state index in [4.69, 9.17) is 10.5 Å². The van der Waals surface area contributed by atoms with E-state index >= 15 is 0 Å². The van der Waals surface area contributed by atoms with Crippen molar-refractivity contribution in [3.63, 3.8) is 0 Å². The van der Waals surface area contributed by atoms with Crippen LogP contribution < -0.4 is 10.5 Å². The number of rotatable bonds is 7. The normalized spacial score (nSPS) is 11.6. The molecule has 0 saturated carbocycles. The van der Waals surface area contributed by atoms with Gasteiger partial charge in [-0.25, -0.2) is 4.98 Å². The topological polar surface area (TPSA) is 90.4 Å². The van der Waals surface area contributed by atoms with E-state index < -0.39 is 17.6 Å². The summed E-state index contributed by atoms with van der Waals surface area (Å²) < 4.78 is 45.6. The van der Waals surface area contributed by atoms with Crippen molar-refractivity contribution in [3.05, 3.63) is 89.2 Å². The number of primary amides is 1. The van der Waals surface area contributed by atoms with Crippen molar-refractivity contribution >= 4 is 16.9 Å². The summed E-state index contributed by atoms with van der Waals surface area (Å²) in [5.41, 5.74) is 7.71. The highest BCUT2D eigenvalue weighted by atomic mass is 19.4. The van der Waals surface area contributed by atoms with Crippen molar-refractivity contribution in [2.24, 2.45) is 5.73 Å². The lowest BCUT2D eigenvalue weighted by Gasteiger charge is -2.11. The molecule has 1 heterocycles. The Labute approximate surface area is 187 Å². The molecule has 1 amide bonds. The van der Waals surface area contributed by atoms with Gasteiger partial charge >= 0.3 is 6.18 Å². The number of alkyl halides is 3. The smallest absolute Gasteiger partial charge is 0.416 e. The summed E-state index contributed by atoms with van der Waals surface area (Å²) in [6.45, 7) is 0.0253. The third-order valence-electron chi connectivity index (χ3n) is 5.13. The minimum Gasteiger partial charge on any atom is -0.489 e. The Kier molecular flexibility index (Phi) is 6.06. The first-order chi connectivity index (χ1) is 15.8. The van der Waals surface area contributed by atoms with E-state index in [0.717, 1.165) is 23.3 Å². The first kappa shape index (κ1) is 22.3. The number of carbonyl (C=O) groups is 1. The molecule has 9 heteroatoms. The van der Waals surface area contributed by atoms with E-state index in [9.17, 15) is 23.1 Å². The van der Waals surface area contributed by atoms with Crippen LogP contribution in [0.3, 0.4) is 0 Å². The maximum Gasteiger partial charge on any atom is 0.416 e. The summed E-state index contributed by atoms with van der Waals surface area (Å²) in [4.78, 5) is 16.0. The summed E-state index contributed by atoms with van der Waals surface area (Å²) >= 11 is 0. The summed E-state index contributed by atoms with van der Waals surface area (Å²) in [6, 6.07) is 16.9. The van der Waals surface area contributed by atoms with Crippen LogP contribution in [0.5, 0.6) is 5.75 Å². The second-order valence-electron chi connectivity index (χ2n) is 7.38. The molecule has 0 saturated heterocycles. The lowest BCUT2D eigenvalue weighted by molar-refractivity contribution is -0.137. The Morgan fingerprint density at radius 1 is 1.03 bits per heavy atom. The minimum absolute atomic E-state index is 0.0969. The van der Waals surface area contributed by atoms with Gasteiger partial charge in [-0.05, 0) is 60.2 Å². The summed E-state index contributed by atoms with van der Waals surface area (Å²) in [5, 5.41) is 9.43. The Morgan fingerprint density at radius 3 is 2.33 bits per heavy atom. The highest BCUT2D eigenvalue weighted by molar-refractivity contribution is 5.96. The Morgan fingerprint density at radius 2 is 1.73 bits per heavy atom. The van der Waals surface area contributed by atoms with Crippen LogP contribution in [0.1, 0.15) is 27.3 Å². The number of imidazole rings is 1. The van der Waals surface area contributed by atoms with Crippen LogP contribution in [-0.4, -0.2) is 27.2 Å². The number of benzene rings is 3. The van der Waals surface area contributed by atoms with Crippen molar-refractivity contribution in [2.75, 3.05) is 6.61 Å². The molecule has 4 rings (SSSR count). The Balaban J connectivity index is 1.55. The van der Waals surface area contributed by atoms with Crippen LogP contribution >= 0.6 is 0 Å². The van der Waals surface area contributed by atoms with E-state index in [1.807, 2.05) is 16.7 Å². The summed E-state index contributed by atoms with van der Waals surface area (Å²) in [6.07, 6.45) is -4.06. The van der Waals surface area contributed by atoms with Gasteiger partial charge in [0.25, 0.3) is 0 Å². The molecule has 0 unspecified atom stereocenters. The fraction of sp³-hybridized carbons (Fsp3) is 0.167. The number of hydrogen-bond acceptors (Lipinski definition) is 4. The zero-order valence-electron chi connectivity index (χ0n) is 17.3. The maximum absolute atomic E-state index is 12.7. The van der Waals surface area contributed by atoms with Crippen molar-refractivity contribution in [2.45, 2.75) is 19.2 Å². The fourth-order valence-electron chi connectivity index (χ4n) is 3.49. The first-order valence-corrected chi connectivity index (χ1v) is 10.1. The highest BCUT2D eigenvalue weighted by Crippen LogP contribution is 2.29. The molecule has 1 aromatic heterocycles. The van der Waals surface area contributed by atoms with Crippen LogP contribution in [0, 0.1) is 0 Å². The third kappa shape index (κ3) is 4.83. The molecular weight excluding hydrogens is 435 g/mol. The zero-order valence-corrected chi connectivity index (χ0v) is 17.3. The zero-order chi connectivity index (χ0) is 23.6. The van der Waals surface area contributed by atoms with Crippen LogP contribution in [0.15, 0.2) is 66.7 Å². The van der Waals surface area contributed by atoms with Gasteiger partial charge in [-0.15, -0.1) is 0 Å². The SMILES string of the molecule is NC(=O)c1ccc2c(c1)nc(CCO)n2-c1ccc(OCc2ccc(C(F)(F)F)cc2)cc1. The molecule has 0 aliphatic heterocycles. The Hall–Kier alpha value is -3.85. The molecule has 0 bridgehead atoms. The number of amides is 1. The molecule has 4 aromatic rings. The second kappa shape index (κ2) is 8.95.